The molecule has 4 aliphatic heterocycles. The molecule has 8 aromatic rings. The van der Waals surface area contributed by atoms with Gasteiger partial charge in [0.15, 0.2) is 62.4 Å². The van der Waals surface area contributed by atoms with Crippen LogP contribution in [0.15, 0.2) is 202 Å². The Morgan fingerprint density at radius 1 is 0.307 bits per heavy atom. The fourth-order valence-electron chi connectivity index (χ4n) is 10.4. The van der Waals surface area contributed by atoms with Gasteiger partial charge in [-0.05, 0) is 153 Å². The fourth-order valence-corrected chi connectivity index (χ4v) is 14.6. The zero-order valence-corrected chi connectivity index (χ0v) is 55.1. The Kier molecular flexibility index (Phi) is 20.5. The largest absolute Gasteiger partial charge is 0.480 e. The van der Waals surface area contributed by atoms with E-state index in [-0.39, 0.29) is 86.8 Å². The van der Waals surface area contributed by atoms with E-state index in [1.807, 2.05) is 6.92 Å². The molecule has 4 N–H and O–H groups in total. The molecule has 8 aromatic carbocycles. The maximum Gasteiger partial charge on any atom is 0.337 e. The number of anilines is 4. The number of imide groups is 4. The number of methoxy groups -OCH3 is 1. The molecular formula is C67H48N4O26S4. The van der Waals surface area contributed by atoms with Crippen LogP contribution in [0.3, 0.4) is 0 Å². The van der Waals surface area contributed by atoms with Crippen LogP contribution >= 0.6 is 0 Å². The second-order valence-electron chi connectivity index (χ2n) is 21.8. The molecule has 0 atom stereocenters. The van der Waals surface area contributed by atoms with Crippen LogP contribution in [0.5, 0.6) is 0 Å². The molecule has 4 aliphatic rings. The lowest BCUT2D eigenvalue weighted by molar-refractivity contribution is -0.135. The summed E-state index contributed by atoms with van der Waals surface area (Å²) in [5.74, 6) is -15.1. The zero-order valence-electron chi connectivity index (χ0n) is 51.8. The Balaban J connectivity index is 0.000000157. The van der Waals surface area contributed by atoms with Gasteiger partial charge in [-0.15, -0.1) is 0 Å². The first kappa shape index (κ1) is 72.7. The minimum absolute atomic E-state index is 0.0236. The summed E-state index contributed by atoms with van der Waals surface area (Å²) in [6.07, 6.45) is 0. The summed E-state index contributed by atoms with van der Waals surface area (Å²) in [6, 6.07) is 41.3. The number of carbonyl (C=O) groups is 13. The summed E-state index contributed by atoms with van der Waals surface area (Å²) >= 11 is 0. The van der Waals surface area contributed by atoms with Gasteiger partial charge in [0, 0.05) is 0 Å². The number of hydrogen-bond donors (Lipinski definition) is 4. The maximum atomic E-state index is 12.7. The molecule has 0 spiro atoms. The number of ether oxygens (including phenoxy) is 1. The van der Waals surface area contributed by atoms with Gasteiger partial charge in [-0.2, -0.15) is 0 Å². The van der Waals surface area contributed by atoms with Crippen molar-refractivity contribution in [3.63, 3.8) is 0 Å². The molecule has 34 heteroatoms. The van der Waals surface area contributed by atoms with Crippen molar-refractivity contribution in [2.24, 2.45) is 0 Å². The average Bonchev–Trinajstić information content (AvgIpc) is 1.65. The van der Waals surface area contributed by atoms with E-state index >= 15 is 0 Å². The minimum Gasteiger partial charge on any atom is -0.480 e. The zero-order chi connectivity index (χ0) is 74.0. The van der Waals surface area contributed by atoms with Crippen molar-refractivity contribution >= 4 is 139 Å². The summed E-state index contributed by atoms with van der Waals surface area (Å²) in [7, 11) is -14.9. The highest BCUT2D eigenvalue weighted by Crippen LogP contribution is 2.35. The van der Waals surface area contributed by atoms with E-state index in [9.17, 15) is 96.0 Å². The number of carboxylic acids is 4. The quantitative estimate of drug-likeness (QED) is 0.0647. The van der Waals surface area contributed by atoms with Crippen molar-refractivity contribution in [3.05, 3.63) is 238 Å². The molecule has 0 radical (unpaired) electrons. The van der Waals surface area contributed by atoms with Gasteiger partial charge in [0.1, 0.15) is 0 Å². The number of aliphatic carboxylic acids is 4. The highest BCUT2D eigenvalue weighted by molar-refractivity contribution is 7.93. The topological polar surface area (TPSA) is 462 Å². The molecule has 0 aromatic heterocycles. The van der Waals surface area contributed by atoms with Crippen LogP contribution in [-0.2, 0) is 63.3 Å². The van der Waals surface area contributed by atoms with Crippen LogP contribution in [0, 0.1) is 6.92 Å². The van der Waals surface area contributed by atoms with Gasteiger partial charge < -0.3 is 25.2 Å². The maximum absolute atomic E-state index is 12.7. The number of carbonyl (C=O) groups excluding carboxylic acids is 9. The Morgan fingerprint density at radius 2 is 0.584 bits per heavy atom. The van der Waals surface area contributed by atoms with Crippen molar-refractivity contribution in [1.29, 1.82) is 0 Å². The number of esters is 1. The normalized spacial score (nSPS) is 13.8. The Bertz CT molecular complexity index is 5340. The smallest absolute Gasteiger partial charge is 0.337 e. The van der Waals surface area contributed by atoms with E-state index in [2.05, 4.69) is 4.74 Å². The number of aryl methyl sites for hydroxylation is 1. The summed E-state index contributed by atoms with van der Waals surface area (Å²) in [4.78, 5) is 157. The van der Waals surface area contributed by atoms with Gasteiger partial charge in [0.05, 0.1) is 99.5 Å². The lowest BCUT2D eigenvalue weighted by Gasteiger charge is -2.15. The van der Waals surface area contributed by atoms with Crippen LogP contribution in [-0.4, -0.2) is 161 Å². The van der Waals surface area contributed by atoms with E-state index in [4.69, 9.17) is 20.4 Å². The number of nitrogens with zero attached hydrogens (tertiary/aromatic N) is 4. The molecule has 0 bridgehead atoms. The lowest BCUT2D eigenvalue weighted by atomic mass is 10.1. The van der Waals surface area contributed by atoms with E-state index in [0.29, 0.717) is 5.56 Å². The molecule has 0 aliphatic carbocycles. The Morgan fingerprint density at radius 3 is 0.901 bits per heavy atom. The molecule has 0 saturated heterocycles. The first-order valence-electron chi connectivity index (χ1n) is 28.7. The molecule has 30 nitrogen and oxygen atoms in total. The molecule has 8 amide bonds. The summed E-state index contributed by atoms with van der Waals surface area (Å²) in [5.41, 5.74) is 3.33. The SMILES string of the molecule is COC(=O)c1ccc2c(c1)C(=O)N(c1ccc(S(=O)(=O)CC(=O)O)cc1)C2=O.Cc1ccc2c(c1)C(=O)N(c1ccc(S(=O)(=O)CC(=O)O)cc1)C2=O.O=C(O)CS(=O)(=O)c1ccc(N2C(=O)c3ccccc3C2=O)cc1.O=C(O)CS(=O)(=O)c1cccc(N2C(=O)c3ccccc3C2=O)c1. The van der Waals surface area contributed by atoms with Crippen LogP contribution in [0.2, 0.25) is 0 Å². The van der Waals surface area contributed by atoms with Gasteiger partial charge in [-0.1, -0.05) is 42.0 Å². The van der Waals surface area contributed by atoms with E-state index in [1.165, 1.54) is 116 Å². The first-order chi connectivity index (χ1) is 47.5. The first-order valence-corrected chi connectivity index (χ1v) is 35.3. The lowest BCUT2D eigenvalue weighted by Crippen LogP contribution is -2.29. The van der Waals surface area contributed by atoms with Crippen LogP contribution < -0.4 is 19.6 Å². The van der Waals surface area contributed by atoms with E-state index in [0.717, 1.165) is 43.4 Å². The van der Waals surface area contributed by atoms with Crippen molar-refractivity contribution in [1.82, 2.24) is 0 Å². The van der Waals surface area contributed by atoms with Crippen molar-refractivity contribution in [2.45, 2.75) is 26.5 Å². The Labute approximate surface area is 571 Å². The van der Waals surface area contributed by atoms with E-state index < -0.39 is 139 Å². The monoisotopic (exact) mass is 1450 g/mol. The number of carboxylic acid groups (broad SMARTS) is 4. The average molecular weight is 1450 g/mol. The second kappa shape index (κ2) is 28.5. The number of hydrogen-bond acceptors (Lipinski definition) is 22. The standard InChI is InChI=1S/C18H13NO8S.C17H13NO6S.2C16H11NO6S/c1-27-18(24)10-2-7-13-14(8-10)17(23)19(16(13)22)11-3-5-12(6-4-11)28(25,26)9-15(20)21;1-10-2-7-13-14(8-10)17(22)18(16(13)21)11-3-5-12(6-4-11)25(23,24)9-15(19)20;18-14(19)9-24(22,23)11-5-3-4-10(8-11)17-15(20)12-6-1-2-7-13(12)16(17)21;18-14(19)9-24(22,23)11-7-5-10(6-8-11)17-15(20)12-3-1-2-4-13(12)16(17)21/h2-8H,9H2,1H3,(H,20,21);2-8H,9H2,1H3,(H,19,20);2*1-8H,9H2,(H,18,19). The fraction of sp³-hybridized carbons (Fsp3) is 0.0896. The number of amides is 8. The molecule has 4 heterocycles. The van der Waals surface area contributed by atoms with Crippen molar-refractivity contribution in [3.8, 4) is 0 Å². The van der Waals surface area contributed by atoms with Crippen LogP contribution in [0.4, 0.5) is 22.7 Å². The number of rotatable bonds is 17. The summed E-state index contributed by atoms with van der Waals surface area (Å²) in [5, 5.41) is 34.7. The third-order valence-electron chi connectivity index (χ3n) is 15.0. The van der Waals surface area contributed by atoms with Gasteiger partial charge >= 0.3 is 29.8 Å². The van der Waals surface area contributed by atoms with E-state index in [1.54, 1.807) is 54.6 Å². The molecule has 101 heavy (non-hydrogen) atoms. The van der Waals surface area contributed by atoms with Gasteiger partial charge in [0.2, 0.25) is 0 Å². The van der Waals surface area contributed by atoms with Crippen molar-refractivity contribution < 1.29 is 121 Å². The van der Waals surface area contributed by atoms with Gasteiger partial charge in [-0.25, -0.2) is 58.1 Å². The van der Waals surface area contributed by atoms with Crippen LogP contribution in [0.25, 0.3) is 0 Å². The molecule has 0 fully saturated rings. The third kappa shape index (κ3) is 15.1. The number of benzene rings is 8. The second-order valence-corrected chi connectivity index (χ2v) is 29.7. The molecule has 516 valence electrons. The minimum atomic E-state index is -4.06. The third-order valence-corrected chi connectivity index (χ3v) is 21.4. The summed E-state index contributed by atoms with van der Waals surface area (Å²) < 4.78 is 100. The van der Waals surface area contributed by atoms with Crippen molar-refractivity contribution in [2.75, 3.05) is 49.7 Å². The Hall–Kier alpha value is -12.5. The highest BCUT2D eigenvalue weighted by atomic mass is 32.2. The number of fused-ring (bicyclic) bond motifs is 4. The molecule has 12 rings (SSSR count). The predicted molar refractivity (Wildman–Crippen MR) is 351 cm³/mol. The van der Waals surface area contributed by atoms with Crippen LogP contribution in [0.1, 0.15) is 98.8 Å². The molecule has 0 unspecified atom stereocenters. The number of sulfone groups is 4. The molecular weight excluding hydrogens is 1410 g/mol. The summed E-state index contributed by atoms with van der Waals surface area (Å²) in [6.45, 7) is 1.81. The highest BCUT2D eigenvalue weighted by Gasteiger charge is 2.41. The van der Waals surface area contributed by atoms with Gasteiger partial charge in [-0.3, -0.25) is 57.5 Å². The molecule has 0 saturated carbocycles. The predicted octanol–water partition coefficient (Wildman–Crippen LogP) is 5.48. The van der Waals surface area contributed by atoms with Gasteiger partial charge in [0.25, 0.3) is 47.3 Å².